The number of esters is 1. The van der Waals surface area contributed by atoms with Crippen molar-refractivity contribution in [2.75, 3.05) is 4.90 Å². The monoisotopic (exact) mass is 310 g/mol. The fourth-order valence-corrected chi connectivity index (χ4v) is 2.85. The minimum Gasteiger partial charge on any atom is -0.448 e. The van der Waals surface area contributed by atoms with E-state index in [1.165, 1.54) is 6.20 Å². The van der Waals surface area contributed by atoms with Crippen LogP contribution in [0.3, 0.4) is 0 Å². The van der Waals surface area contributed by atoms with Gasteiger partial charge in [-0.15, -0.1) is 0 Å². The molecule has 0 spiro atoms. The summed E-state index contributed by atoms with van der Waals surface area (Å²) in [7, 11) is 0. The summed E-state index contributed by atoms with van der Waals surface area (Å²) in [6, 6.07) is 12.8. The van der Waals surface area contributed by atoms with E-state index < -0.39 is 12.1 Å². The van der Waals surface area contributed by atoms with Gasteiger partial charge >= 0.3 is 5.97 Å². The quantitative estimate of drug-likeness (QED) is 0.818. The molecule has 2 aromatic rings. The Morgan fingerprint density at radius 2 is 1.96 bits per heavy atom. The number of anilines is 1. The zero-order valence-electron chi connectivity index (χ0n) is 13.1. The first-order valence-corrected chi connectivity index (χ1v) is 7.61. The summed E-state index contributed by atoms with van der Waals surface area (Å²) >= 11 is 0. The Labute approximate surface area is 134 Å². The number of rotatable bonds is 3. The molecule has 1 aromatic heterocycles. The van der Waals surface area contributed by atoms with Gasteiger partial charge in [-0.3, -0.25) is 4.79 Å². The van der Waals surface area contributed by atoms with Crippen LogP contribution in [-0.4, -0.2) is 29.0 Å². The van der Waals surface area contributed by atoms with E-state index in [1.54, 1.807) is 30.0 Å². The van der Waals surface area contributed by atoms with Crippen molar-refractivity contribution in [2.24, 2.45) is 0 Å². The highest BCUT2D eigenvalue weighted by Crippen LogP contribution is 2.32. The van der Waals surface area contributed by atoms with Crippen molar-refractivity contribution in [1.29, 1.82) is 0 Å². The number of ether oxygens (including phenoxy) is 1. The number of hydrogen-bond donors (Lipinski definition) is 0. The van der Waals surface area contributed by atoms with Gasteiger partial charge in [-0.2, -0.15) is 0 Å². The second-order valence-electron chi connectivity index (χ2n) is 5.65. The van der Waals surface area contributed by atoms with Crippen LogP contribution >= 0.6 is 0 Å². The largest absolute Gasteiger partial charge is 0.448 e. The van der Waals surface area contributed by atoms with E-state index in [-0.39, 0.29) is 17.6 Å². The number of benzene rings is 1. The van der Waals surface area contributed by atoms with Crippen LogP contribution in [0.15, 0.2) is 48.7 Å². The molecule has 0 N–H and O–H groups in total. The number of carbonyl (C=O) groups is 2. The second-order valence-corrected chi connectivity index (χ2v) is 5.65. The van der Waals surface area contributed by atoms with E-state index in [4.69, 9.17) is 4.74 Å². The number of aromatic nitrogens is 1. The Bertz CT molecular complexity index is 730. The highest BCUT2D eigenvalue weighted by molar-refractivity contribution is 6.00. The van der Waals surface area contributed by atoms with E-state index in [0.717, 1.165) is 17.7 Å². The van der Waals surface area contributed by atoms with E-state index in [1.807, 2.05) is 31.2 Å². The SMILES string of the molecule is C[C@H](OC(=O)c1ccccn1)C(=O)N1c2ccccc2C[C@@H]1C. The van der Waals surface area contributed by atoms with Gasteiger partial charge in [-0.25, -0.2) is 9.78 Å². The van der Waals surface area contributed by atoms with Crippen molar-refractivity contribution in [3.63, 3.8) is 0 Å². The minimum atomic E-state index is -0.863. The van der Waals surface area contributed by atoms with Gasteiger partial charge in [0.2, 0.25) is 0 Å². The lowest BCUT2D eigenvalue weighted by Crippen LogP contribution is -2.43. The molecule has 1 aliphatic heterocycles. The van der Waals surface area contributed by atoms with Gasteiger partial charge < -0.3 is 9.64 Å². The summed E-state index contributed by atoms with van der Waals surface area (Å²) in [6.07, 6.45) is 1.46. The van der Waals surface area contributed by atoms with Crippen LogP contribution < -0.4 is 4.90 Å². The lowest BCUT2D eigenvalue weighted by molar-refractivity contribution is -0.126. The molecule has 2 atom stereocenters. The number of fused-ring (bicyclic) bond motifs is 1. The van der Waals surface area contributed by atoms with Crippen LogP contribution in [0.4, 0.5) is 5.69 Å². The average molecular weight is 310 g/mol. The van der Waals surface area contributed by atoms with Crippen molar-refractivity contribution in [1.82, 2.24) is 4.98 Å². The molecule has 5 heteroatoms. The van der Waals surface area contributed by atoms with Crippen LogP contribution in [-0.2, 0) is 16.0 Å². The highest BCUT2D eigenvalue weighted by atomic mass is 16.5. The first-order valence-electron chi connectivity index (χ1n) is 7.61. The first kappa shape index (κ1) is 15.2. The van der Waals surface area contributed by atoms with Gasteiger partial charge in [0, 0.05) is 17.9 Å². The second kappa shape index (κ2) is 6.20. The molecule has 0 radical (unpaired) electrons. The van der Waals surface area contributed by atoms with Crippen LogP contribution in [0.25, 0.3) is 0 Å². The third-order valence-corrected chi connectivity index (χ3v) is 3.95. The molecule has 0 bridgehead atoms. The van der Waals surface area contributed by atoms with Crippen LogP contribution in [0.2, 0.25) is 0 Å². The Morgan fingerprint density at radius 3 is 2.70 bits per heavy atom. The molecule has 0 aliphatic carbocycles. The minimum absolute atomic E-state index is 0.0518. The molecular formula is C18H18N2O3. The summed E-state index contributed by atoms with van der Waals surface area (Å²) < 4.78 is 5.28. The molecule has 0 unspecified atom stereocenters. The summed E-state index contributed by atoms with van der Waals surface area (Å²) in [5.41, 5.74) is 2.23. The zero-order valence-corrected chi connectivity index (χ0v) is 13.1. The van der Waals surface area contributed by atoms with Gasteiger partial charge in [0.25, 0.3) is 5.91 Å². The number of nitrogens with zero attached hydrogens (tertiary/aromatic N) is 2. The standard InChI is InChI=1S/C18H18N2O3/c1-12-11-14-7-3-4-9-16(14)20(12)17(21)13(2)23-18(22)15-8-5-6-10-19-15/h3-10,12-13H,11H2,1-2H3/t12-,13-/m0/s1. The van der Waals surface area contributed by atoms with Crippen molar-refractivity contribution in [3.8, 4) is 0 Å². The molecule has 118 valence electrons. The molecule has 1 aliphatic rings. The molecule has 1 aromatic carbocycles. The maximum absolute atomic E-state index is 12.7. The van der Waals surface area contributed by atoms with Crippen molar-refractivity contribution in [3.05, 3.63) is 59.9 Å². The van der Waals surface area contributed by atoms with Gasteiger partial charge in [0.05, 0.1) is 0 Å². The number of para-hydroxylation sites is 1. The predicted molar refractivity (Wildman–Crippen MR) is 86.2 cm³/mol. The van der Waals surface area contributed by atoms with Crippen molar-refractivity contribution < 1.29 is 14.3 Å². The highest BCUT2D eigenvalue weighted by Gasteiger charge is 2.34. The van der Waals surface area contributed by atoms with E-state index >= 15 is 0 Å². The molecule has 5 nitrogen and oxygen atoms in total. The topological polar surface area (TPSA) is 59.5 Å². The molecule has 2 heterocycles. The maximum Gasteiger partial charge on any atom is 0.357 e. The predicted octanol–water partition coefficient (Wildman–Crippen LogP) is 2.60. The molecular weight excluding hydrogens is 292 g/mol. The van der Waals surface area contributed by atoms with Gasteiger partial charge in [-0.1, -0.05) is 24.3 Å². The number of carbonyl (C=O) groups excluding carboxylic acids is 2. The summed E-state index contributed by atoms with van der Waals surface area (Å²) in [5.74, 6) is -0.807. The first-order chi connectivity index (χ1) is 11.1. The Balaban J connectivity index is 1.74. The average Bonchev–Trinajstić information content (AvgIpc) is 2.90. The number of hydrogen-bond acceptors (Lipinski definition) is 4. The van der Waals surface area contributed by atoms with E-state index in [2.05, 4.69) is 4.98 Å². The molecule has 0 fully saturated rings. The molecule has 0 saturated carbocycles. The van der Waals surface area contributed by atoms with Gasteiger partial charge in [-0.05, 0) is 44.0 Å². The van der Waals surface area contributed by atoms with Crippen molar-refractivity contribution in [2.45, 2.75) is 32.4 Å². The summed E-state index contributed by atoms with van der Waals surface area (Å²) in [4.78, 5) is 30.4. The molecule has 0 saturated heterocycles. The fourth-order valence-electron chi connectivity index (χ4n) is 2.85. The molecule has 1 amide bonds. The Kier molecular flexibility index (Phi) is 4.10. The lowest BCUT2D eigenvalue weighted by Gasteiger charge is -2.25. The van der Waals surface area contributed by atoms with Crippen LogP contribution in [0.5, 0.6) is 0 Å². The third-order valence-electron chi connectivity index (χ3n) is 3.95. The van der Waals surface area contributed by atoms with Gasteiger partial charge in [0.1, 0.15) is 5.69 Å². The lowest BCUT2D eigenvalue weighted by atomic mass is 10.1. The number of amides is 1. The number of pyridine rings is 1. The van der Waals surface area contributed by atoms with Gasteiger partial charge in [0.15, 0.2) is 6.10 Å². The normalized spacial score (nSPS) is 17.5. The Hall–Kier alpha value is -2.69. The van der Waals surface area contributed by atoms with E-state index in [9.17, 15) is 9.59 Å². The van der Waals surface area contributed by atoms with Crippen LogP contribution in [0, 0.1) is 0 Å². The smallest absolute Gasteiger partial charge is 0.357 e. The third kappa shape index (κ3) is 2.95. The fraction of sp³-hybridized carbons (Fsp3) is 0.278. The Morgan fingerprint density at radius 1 is 1.22 bits per heavy atom. The van der Waals surface area contributed by atoms with E-state index in [0.29, 0.717) is 0 Å². The van der Waals surface area contributed by atoms with Crippen LogP contribution in [0.1, 0.15) is 29.9 Å². The van der Waals surface area contributed by atoms with Crippen molar-refractivity contribution >= 4 is 17.6 Å². The zero-order chi connectivity index (χ0) is 16.4. The molecule has 3 rings (SSSR count). The molecule has 23 heavy (non-hydrogen) atoms. The summed E-state index contributed by atoms with van der Waals surface area (Å²) in [5, 5.41) is 0. The summed E-state index contributed by atoms with van der Waals surface area (Å²) in [6.45, 7) is 3.59. The maximum atomic E-state index is 12.7.